The summed E-state index contributed by atoms with van der Waals surface area (Å²) in [6.45, 7) is 1.91. The predicted molar refractivity (Wildman–Crippen MR) is 87.5 cm³/mol. The number of hydrogen-bond donors (Lipinski definition) is 1. The molecular weight excluding hydrogens is 346 g/mol. The second kappa shape index (κ2) is 6.11. The van der Waals surface area contributed by atoms with Gasteiger partial charge in [-0.25, -0.2) is 15.0 Å². The molecule has 22 heavy (non-hydrogen) atoms. The molecule has 1 aromatic carbocycles. The molecule has 2 aromatic heterocycles. The van der Waals surface area contributed by atoms with Crippen molar-refractivity contribution in [2.45, 2.75) is 6.92 Å². The summed E-state index contributed by atoms with van der Waals surface area (Å²) < 4.78 is 6.14. The lowest BCUT2D eigenvalue weighted by Crippen LogP contribution is -1.85. The third-order valence-corrected chi connectivity index (χ3v) is 3.72. The third kappa shape index (κ3) is 2.92. The van der Waals surface area contributed by atoms with Crippen molar-refractivity contribution < 1.29 is 9.52 Å². The average Bonchev–Trinajstić information content (AvgIpc) is 2.88. The van der Waals surface area contributed by atoms with E-state index in [4.69, 9.17) is 4.42 Å². The molecule has 110 valence electrons. The molecule has 0 spiro atoms. The van der Waals surface area contributed by atoms with Crippen LogP contribution >= 0.6 is 15.9 Å². The second-order valence-corrected chi connectivity index (χ2v) is 5.45. The lowest BCUT2D eigenvalue weighted by atomic mass is 10.2. The number of pyridine rings is 1. The highest BCUT2D eigenvalue weighted by atomic mass is 79.9. The van der Waals surface area contributed by atoms with Crippen LogP contribution in [0, 0.1) is 6.92 Å². The van der Waals surface area contributed by atoms with Gasteiger partial charge in [0.25, 0.3) is 0 Å². The van der Waals surface area contributed by atoms with Gasteiger partial charge in [0, 0.05) is 10.7 Å². The van der Waals surface area contributed by atoms with Gasteiger partial charge in [-0.05, 0) is 46.6 Å². The van der Waals surface area contributed by atoms with E-state index in [0.717, 1.165) is 15.6 Å². The Morgan fingerprint density at radius 3 is 2.82 bits per heavy atom. The van der Waals surface area contributed by atoms with E-state index < -0.39 is 0 Å². The molecule has 0 atom stereocenters. The van der Waals surface area contributed by atoms with E-state index in [1.807, 2.05) is 43.3 Å². The van der Waals surface area contributed by atoms with Gasteiger partial charge in [0.05, 0.1) is 11.8 Å². The Kier molecular flexibility index (Phi) is 4.02. The summed E-state index contributed by atoms with van der Waals surface area (Å²) in [5.74, 6) is 0.625. The maximum Gasteiger partial charge on any atom is 0.312 e. The summed E-state index contributed by atoms with van der Waals surface area (Å²) in [6, 6.07) is 11.2. The third-order valence-electron chi connectivity index (χ3n) is 3.03. The molecule has 1 N–H and O–H groups in total. The van der Waals surface area contributed by atoms with Crippen LogP contribution in [0.4, 0.5) is 5.82 Å². The van der Waals surface area contributed by atoms with E-state index in [1.54, 1.807) is 6.20 Å². The van der Waals surface area contributed by atoms with E-state index in [1.165, 1.54) is 6.21 Å². The topological polar surface area (TPSA) is 71.5 Å². The zero-order valence-corrected chi connectivity index (χ0v) is 13.3. The van der Waals surface area contributed by atoms with Gasteiger partial charge in [0.2, 0.25) is 5.89 Å². The number of aliphatic imine (C=N–C) groups is 1. The Morgan fingerprint density at radius 2 is 2.05 bits per heavy atom. The van der Waals surface area contributed by atoms with E-state index >= 15 is 0 Å². The fourth-order valence-corrected chi connectivity index (χ4v) is 2.35. The van der Waals surface area contributed by atoms with Crippen LogP contribution < -0.4 is 0 Å². The van der Waals surface area contributed by atoms with Crippen LogP contribution in [0.15, 0.2) is 56.5 Å². The SMILES string of the molecule is Cc1cccnc1N=Cc1nc(-c2ccccc2Br)oc1O. The maximum atomic E-state index is 9.87. The highest BCUT2D eigenvalue weighted by molar-refractivity contribution is 9.10. The maximum absolute atomic E-state index is 9.87. The van der Waals surface area contributed by atoms with Crippen molar-refractivity contribution in [1.29, 1.82) is 0 Å². The molecule has 0 radical (unpaired) electrons. The molecule has 0 aliphatic rings. The smallest absolute Gasteiger partial charge is 0.312 e. The van der Waals surface area contributed by atoms with Gasteiger partial charge in [0.15, 0.2) is 11.5 Å². The van der Waals surface area contributed by atoms with Crippen molar-refractivity contribution in [3.05, 3.63) is 58.3 Å². The molecule has 0 aliphatic carbocycles. The molecule has 0 amide bonds. The predicted octanol–water partition coefficient (Wildman–Crippen LogP) is 4.26. The lowest BCUT2D eigenvalue weighted by Gasteiger charge is -1.97. The zero-order chi connectivity index (χ0) is 15.5. The number of benzene rings is 1. The number of aromatic nitrogens is 2. The van der Waals surface area contributed by atoms with E-state index in [0.29, 0.717) is 11.7 Å². The molecule has 0 bridgehead atoms. The van der Waals surface area contributed by atoms with Crippen LogP contribution in [-0.4, -0.2) is 21.3 Å². The number of nitrogens with zero attached hydrogens (tertiary/aromatic N) is 3. The fourth-order valence-electron chi connectivity index (χ4n) is 1.89. The van der Waals surface area contributed by atoms with E-state index in [2.05, 4.69) is 30.9 Å². The minimum atomic E-state index is -0.275. The Bertz CT molecular complexity index is 843. The number of aromatic hydroxyl groups is 1. The van der Waals surface area contributed by atoms with E-state index in [9.17, 15) is 5.11 Å². The molecule has 0 saturated heterocycles. The number of rotatable bonds is 3. The first-order chi connectivity index (χ1) is 10.6. The molecular formula is C16H12BrN3O2. The summed E-state index contributed by atoms with van der Waals surface area (Å²) in [4.78, 5) is 12.7. The molecule has 0 saturated carbocycles. The minimum Gasteiger partial charge on any atom is -0.479 e. The Hall–Kier alpha value is -2.47. The van der Waals surface area contributed by atoms with Crippen LogP contribution in [0.25, 0.3) is 11.5 Å². The summed E-state index contributed by atoms with van der Waals surface area (Å²) in [6.07, 6.45) is 3.10. The Balaban J connectivity index is 1.94. The van der Waals surface area contributed by atoms with Gasteiger partial charge in [-0.3, -0.25) is 0 Å². The molecule has 5 nitrogen and oxygen atoms in total. The first-order valence-electron chi connectivity index (χ1n) is 6.55. The lowest BCUT2D eigenvalue weighted by molar-refractivity contribution is 0.337. The highest BCUT2D eigenvalue weighted by Crippen LogP contribution is 2.31. The Morgan fingerprint density at radius 1 is 1.23 bits per heavy atom. The summed E-state index contributed by atoms with van der Waals surface area (Å²) >= 11 is 3.43. The highest BCUT2D eigenvalue weighted by Gasteiger charge is 2.14. The normalized spacial score (nSPS) is 11.2. The van der Waals surface area contributed by atoms with E-state index in [-0.39, 0.29) is 11.6 Å². The van der Waals surface area contributed by atoms with Gasteiger partial charge in [0.1, 0.15) is 0 Å². The Labute approximate surface area is 135 Å². The number of aryl methyl sites for hydroxylation is 1. The molecule has 3 rings (SSSR count). The largest absolute Gasteiger partial charge is 0.479 e. The van der Waals surface area contributed by atoms with Crippen molar-refractivity contribution >= 4 is 28.0 Å². The van der Waals surface area contributed by atoms with Crippen LogP contribution in [-0.2, 0) is 0 Å². The molecule has 0 aliphatic heterocycles. The first kappa shape index (κ1) is 14.5. The average molecular weight is 358 g/mol. The quantitative estimate of drug-likeness (QED) is 0.710. The summed E-state index contributed by atoms with van der Waals surface area (Å²) in [5.41, 5.74) is 1.95. The summed E-state index contributed by atoms with van der Waals surface area (Å²) in [7, 11) is 0. The van der Waals surface area contributed by atoms with Gasteiger partial charge >= 0.3 is 5.95 Å². The van der Waals surface area contributed by atoms with Gasteiger partial charge in [-0.2, -0.15) is 0 Å². The summed E-state index contributed by atoms with van der Waals surface area (Å²) in [5, 5.41) is 9.87. The monoisotopic (exact) mass is 357 g/mol. The van der Waals surface area contributed by atoms with Gasteiger partial charge in [-0.15, -0.1) is 0 Å². The van der Waals surface area contributed by atoms with Crippen molar-refractivity contribution in [2.24, 2.45) is 4.99 Å². The first-order valence-corrected chi connectivity index (χ1v) is 7.35. The minimum absolute atomic E-state index is 0.260. The van der Waals surface area contributed by atoms with Crippen molar-refractivity contribution in [3.63, 3.8) is 0 Å². The molecule has 2 heterocycles. The molecule has 6 heteroatoms. The number of hydrogen-bond acceptors (Lipinski definition) is 5. The number of halogens is 1. The van der Waals surface area contributed by atoms with Crippen LogP contribution in [0.1, 0.15) is 11.3 Å². The van der Waals surface area contributed by atoms with Crippen LogP contribution in [0.2, 0.25) is 0 Å². The van der Waals surface area contributed by atoms with Gasteiger partial charge in [-0.1, -0.05) is 18.2 Å². The molecule has 0 unspecified atom stereocenters. The van der Waals surface area contributed by atoms with Crippen molar-refractivity contribution in [3.8, 4) is 17.4 Å². The standard InChI is InChI=1S/C16H12BrN3O2/c1-10-5-4-8-18-14(10)19-9-13-16(21)22-15(20-13)11-6-2-3-7-12(11)17/h2-9,21H,1H3. The van der Waals surface area contributed by atoms with Crippen LogP contribution in [0.3, 0.4) is 0 Å². The zero-order valence-electron chi connectivity index (χ0n) is 11.7. The van der Waals surface area contributed by atoms with Crippen molar-refractivity contribution in [1.82, 2.24) is 9.97 Å². The number of oxazole rings is 1. The van der Waals surface area contributed by atoms with Crippen molar-refractivity contribution in [2.75, 3.05) is 0 Å². The fraction of sp³-hybridized carbons (Fsp3) is 0.0625. The second-order valence-electron chi connectivity index (χ2n) is 4.59. The van der Waals surface area contributed by atoms with Crippen LogP contribution in [0.5, 0.6) is 5.95 Å². The molecule has 3 aromatic rings. The molecule has 0 fully saturated rings. The van der Waals surface area contributed by atoms with Gasteiger partial charge < -0.3 is 9.52 Å².